The molecule has 1 atom stereocenters. The molecule has 0 N–H and O–H groups in total. The Labute approximate surface area is 147 Å². The second kappa shape index (κ2) is 6.80. The van der Waals surface area contributed by atoms with Crippen LogP contribution in [0.3, 0.4) is 0 Å². The summed E-state index contributed by atoms with van der Waals surface area (Å²) in [6.45, 7) is 2.41. The standard InChI is InChI=1S/C20H29NO2S/c22-24(23)19-7-3-5-17(13-19)16-6-4-11-21(12-8-16)18-14-20(15-18)9-1-2-10-20/h3,5,7,13,16,18,24H,1-2,4,6,8-12,14-15H2. The highest BCUT2D eigenvalue weighted by atomic mass is 32.2. The van der Waals surface area contributed by atoms with Gasteiger partial charge in [0.15, 0.2) is 10.7 Å². The molecular formula is C20H29NO2S. The maximum Gasteiger partial charge on any atom is 0.168 e. The molecule has 1 aromatic rings. The van der Waals surface area contributed by atoms with Crippen LogP contribution in [0.5, 0.6) is 0 Å². The lowest BCUT2D eigenvalue weighted by atomic mass is 9.64. The van der Waals surface area contributed by atoms with Gasteiger partial charge < -0.3 is 4.90 Å². The fourth-order valence-corrected chi connectivity index (χ4v) is 5.90. The van der Waals surface area contributed by atoms with Crippen LogP contribution in [0, 0.1) is 5.41 Å². The third-order valence-electron chi connectivity index (χ3n) is 6.83. The number of nitrogens with zero attached hydrogens (tertiary/aromatic N) is 1. The Hall–Kier alpha value is -0.870. The zero-order valence-corrected chi connectivity index (χ0v) is 15.3. The van der Waals surface area contributed by atoms with Crippen molar-refractivity contribution in [1.82, 2.24) is 4.90 Å². The van der Waals surface area contributed by atoms with Crippen molar-refractivity contribution in [1.29, 1.82) is 0 Å². The van der Waals surface area contributed by atoms with E-state index in [1.165, 1.54) is 76.4 Å². The lowest BCUT2D eigenvalue weighted by Gasteiger charge is -2.50. The van der Waals surface area contributed by atoms with Crippen LogP contribution in [0.25, 0.3) is 0 Å². The summed E-state index contributed by atoms with van der Waals surface area (Å²) in [5.41, 5.74) is 1.94. The molecule has 3 nitrogen and oxygen atoms in total. The van der Waals surface area contributed by atoms with Gasteiger partial charge in [-0.2, -0.15) is 0 Å². The molecule has 1 unspecified atom stereocenters. The number of likely N-dealkylation sites (tertiary alicyclic amines) is 1. The van der Waals surface area contributed by atoms with Gasteiger partial charge in [0.05, 0.1) is 4.90 Å². The van der Waals surface area contributed by atoms with E-state index in [9.17, 15) is 8.42 Å². The summed E-state index contributed by atoms with van der Waals surface area (Å²) in [4.78, 5) is 3.20. The summed E-state index contributed by atoms with van der Waals surface area (Å²) in [6.07, 6.45) is 12.3. The minimum atomic E-state index is -2.47. The summed E-state index contributed by atoms with van der Waals surface area (Å²) in [5, 5.41) is 0. The molecule has 3 aliphatic rings. The Kier molecular flexibility index (Phi) is 4.70. The first-order valence-corrected chi connectivity index (χ1v) is 10.8. The van der Waals surface area contributed by atoms with Crippen LogP contribution in [-0.2, 0) is 10.7 Å². The number of hydrogen-bond acceptors (Lipinski definition) is 3. The van der Waals surface area contributed by atoms with Gasteiger partial charge in [-0.3, -0.25) is 0 Å². The SMILES string of the molecule is O=[SH](=O)c1cccc(C2CCCN(C3CC4(CCCC4)C3)CC2)c1. The maximum absolute atomic E-state index is 11.2. The van der Waals surface area contributed by atoms with Crippen molar-refractivity contribution >= 4 is 10.7 Å². The van der Waals surface area contributed by atoms with E-state index in [2.05, 4.69) is 11.0 Å². The fraction of sp³-hybridized carbons (Fsp3) is 0.700. The van der Waals surface area contributed by atoms with Crippen LogP contribution >= 0.6 is 0 Å². The number of rotatable bonds is 3. The Morgan fingerprint density at radius 2 is 1.79 bits per heavy atom. The molecule has 1 aliphatic heterocycles. The second-order valence-electron chi connectivity index (χ2n) is 8.29. The summed E-state index contributed by atoms with van der Waals surface area (Å²) in [6, 6.07) is 8.42. The number of benzene rings is 1. The first kappa shape index (κ1) is 16.6. The van der Waals surface area contributed by atoms with Crippen LogP contribution in [0.15, 0.2) is 29.2 Å². The number of hydrogen-bond donors (Lipinski definition) is 1. The van der Waals surface area contributed by atoms with Gasteiger partial charge in [-0.25, -0.2) is 8.42 Å². The van der Waals surface area contributed by atoms with E-state index in [0.717, 1.165) is 11.5 Å². The number of thiol groups is 1. The van der Waals surface area contributed by atoms with Gasteiger partial charge in [0.2, 0.25) is 0 Å². The predicted molar refractivity (Wildman–Crippen MR) is 97.1 cm³/mol. The topological polar surface area (TPSA) is 37.4 Å². The van der Waals surface area contributed by atoms with Gasteiger partial charge in [0.1, 0.15) is 0 Å². The average Bonchev–Trinajstić information content (AvgIpc) is 2.93. The van der Waals surface area contributed by atoms with Crippen molar-refractivity contribution in [2.24, 2.45) is 5.41 Å². The highest BCUT2D eigenvalue weighted by Gasteiger charge is 2.47. The zero-order valence-electron chi connectivity index (χ0n) is 14.5. The Morgan fingerprint density at radius 1 is 1.00 bits per heavy atom. The third-order valence-corrected chi connectivity index (χ3v) is 7.53. The van der Waals surface area contributed by atoms with E-state index in [1.807, 2.05) is 12.1 Å². The fourth-order valence-electron chi connectivity index (χ4n) is 5.44. The molecule has 24 heavy (non-hydrogen) atoms. The average molecular weight is 348 g/mol. The molecule has 1 heterocycles. The molecule has 1 aromatic carbocycles. The molecule has 1 spiro atoms. The molecule has 0 radical (unpaired) electrons. The molecule has 4 rings (SSSR count). The van der Waals surface area contributed by atoms with Crippen molar-refractivity contribution < 1.29 is 8.42 Å². The van der Waals surface area contributed by atoms with Crippen LogP contribution < -0.4 is 0 Å². The monoisotopic (exact) mass is 347 g/mol. The smallest absolute Gasteiger partial charge is 0.168 e. The van der Waals surface area contributed by atoms with Crippen molar-refractivity contribution in [3.63, 3.8) is 0 Å². The molecule has 132 valence electrons. The van der Waals surface area contributed by atoms with Gasteiger partial charge >= 0.3 is 0 Å². The van der Waals surface area contributed by atoms with Gasteiger partial charge in [-0.15, -0.1) is 0 Å². The summed E-state index contributed by atoms with van der Waals surface area (Å²) in [7, 11) is -2.47. The third kappa shape index (κ3) is 3.28. The molecule has 1 saturated heterocycles. The van der Waals surface area contributed by atoms with E-state index < -0.39 is 10.7 Å². The van der Waals surface area contributed by atoms with Crippen molar-refractivity contribution in [3.8, 4) is 0 Å². The van der Waals surface area contributed by atoms with Gasteiger partial charge in [0, 0.05) is 6.04 Å². The van der Waals surface area contributed by atoms with Crippen LogP contribution in [0.1, 0.15) is 69.3 Å². The highest BCUT2D eigenvalue weighted by molar-refractivity contribution is 7.72. The first-order chi connectivity index (χ1) is 11.7. The molecule has 3 fully saturated rings. The highest BCUT2D eigenvalue weighted by Crippen LogP contribution is 2.54. The Morgan fingerprint density at radius 3 is 2.54 bits per heavy atom. The quantitative estimate of drug-likeness (QED) is 0.841. The lowest BCUT2D eigenvalue weighted by Crippen LogP contribution is -2.50. The molecular weight excluding hydrogens is 318 g/mol. The normalized spacial score (nSPS) is 28.1. The summed E-state index contributed by atoms with van der Waals surface area (Å²) >= 11 is 0. The minimum absolute atomic E-state index is 0.464. The maximum atomic E-state index is 11.2. The minimum Gasteiger partial charge on any atom is -0.300 e. The molecule has 2 aliphatic carbocycles. The van der Waals surface area contributed by atoms with E-state index in [-0.39, 0.29) is 0 Å². The molecule has 2 saturated carbocycles. The lowest BCUT2D eigenvalue weighted by molar-refractivity contribution is 0.00642. The first-order valence-electron chi connectivity index (χ1n) is 9.64. The van der Waals surface area contributed by atoms with E-state index in [4.69, 9.17) is 0 Å². The van der Waals surface area contributed by atoms with Crippen molar-refractivity contribution in [3.05, 3.63) is 29.8 Å². The van der Waals surface area contributed by atoms with E-state index >= 15 is 0 Å². The van der Waals surface area contributed by atoms with E-state index in [0.29, 0.717) is 10.8 Å². The molecule has 0 amide bonds. The predicted octanol–water partition coefficient (Wildman–Crippen LogP) is 3.95. The van der Waals surface area contributed by atoms with Gasteiger partial charge in [-0.05, 0) is 87.1 Å². The zero-order chi connectivity index (χ0) is 16.6. The van der Waals surface area contributed by atoms with Gasteiger partial charge in [-0.1, -0.05) is 25.0 Å². The van der Waals surface area contributed by atoms with Crippen LogP contribution in [-0.4, -0.2) is 32.4 Å². The molecule has 0 aromatic heterocycles. The van der Waals surface area contributed by atoms with Crippen molar-refractivity contribution in [2.45, 2.75) is 74.6 Å². The Bertz CT molecular complexity index is 647. The van der Waals surface area contributed by atoms with Crippen LogP contribution in [0.2, 0.25) is 0 Å². The summed E-state index contributed by atoms with van der Waals surface area (Å²) in [5.74, 6) is 0.519. The summed E-state index contributed by atoms with van der Waals surface area (Å²) < 4.78 is 22.5. The molecule has 0 bridgehead atoms. The Balaban J connectivity index is 1.37. The second-order valence-corrected chi connectivity index (χ2v) is 9.32. The largest absolute Gasteiger partial charge is 0.300 e. The van der Waals surface area contributed by atoms with Crippen LogP contribution in [0.4, 0.5) is 0 Å². The van der Waals surface area contributed by atoms with E-state index in [1.54, 1.807) is 6.07 Å². The molecule has 4 heteroatoms. The van der Waals surface area contributed by atoms with Crippen molar-refractivity contribution in [2.75, 3.05) is 13.1 Å². The van der Waals surface area contributed by atoms with Gasteiger partial charge in [0.25, 0.3) is 0 Å².